The van der Waals surface area contributed by atoms with E-state index in [2.05, 4.69) is 11.0 Å². The summed E-state index contributed by atoms with van der Waals surface area (Å²) in [5, 5.41) is 9.40. The van der Waals surface area contributed by atoms with Gasteiger partial charge in [0.2, 0.25) is 11.8 Å². The zero-order valence-corrected chi connectivity index (χ0v) is 18.6. The zero-order chi connectivity index (χ0) is 22.9. The van der Waals surface area contributed by atoms with Crippen LogP contribution >= 0.6 is 0 Å². The topological polar surface area (TPSA) is 93.7 Å². The molecular formula is C25H30FN5O2. The molecule has 174 valence electrons. The minimum Gasteiger partial charge on any atom is -0.330 e. The van der Waals surface area contributed by atoms with Gasteiger partial charge in [-0.05, 0) is 61.6 Å². The molecule has 3 saturated heterocycles. The summed E-state index contributed by atoms with van der Waals surface area (Å²) >= 11 is 0. The van der Waals surface area contributed by atoms with Crippen LogP contribution in [0.3, 0.4) is 0 Å². The minimum absolute atomic E-state index is 0.00732. The van der Waals surface area contributed by atoms with Crippen LogP contribution in [0, 0.1) is 29.0 Å². The number of benzene rings is 1. The van der Waals surface area contributed by atoms with Crippen LogP contribution in [0.2, 0.25) is 0 Å². The fraction of sp³-hybridized carbons (Fsp3) is 0.640. The Labute approximate surface area is 193 Å². The lowest BCUT2D eigenvalue weighted by Gasteiger charge is -2.45. The average Bonchev–Trinajstić information content (AvgIpc) is 3.11. The summed E-state index contributed by atoms with van der Waals surface area (Å²) in [5.74, 6) is 0.557. The number of nitrogens with two attached hydrogens (primary N) is 1. The van der Waals surface area contributed by atoms with Crippen LogP contribution in [0.1, 0.15) is 50.1 Å². The number of nitrogens with zero attached hydrogens (tertiary/aromatic N) is 4. The van der Waals surface area contributed by atoms with Gasteiger partial charge in [0.05, 0.1) is 24.2 Å². The van der Waals surface area contributed by atoms with Crippen LogP contribution in [-0.4, -0.2) is 69.8 Å². The second-order valence-corrected chi connectivity index (χ2v) is 10.6. The molecule has 8 heteroatoms. The third-order valence-corrected chi connectivity index (χ3v) is 8.68. The molecule has 3 heterocycles. The van der Waals surface area contributed by atoms with Crippen LogP contribution in [-0.2, 0) is 9.59 Å². The molecule has 0 spiro atoms. The van der Waals surface area contributed by atoms with E-state index in [-0.39, 0.29) is 47.8 Å². The Morgan fingerprint density at radius 3 is 2.61 bits per heavy atom. The van der Waals surface area contributed by atoms with Gasteiger partial charge in [-0.1, -0.05) is 18.6 Å². The number of nitriles is 1. The Kier molecular flexibility index (Phi) is 4.96. The Balaban J connectivity index is 1.15. The Morgan fingerprint density at radius 2 is 1.97 bits per heavy atom. The van der Waals surface area contributed by atoms with Crippen molar-refractivity contribution in [2.75, 3.05) is 13.1 Å². The average molecular weight is 452 g/mol. The monoisotopic (exact) mass is 451 g/mol. The second-order valence-electron chi connectivity index (χ2n) is 10.6. The van der Waals surface area contributed by atoms with Gasteiger partial charge in [0.15, 0.2) is 0 Å². The molecule has 5 aliphatic rings. The molecule has 2 aliphatic carbocycles. The van der Waals surface area contributed by atoms with Crippen molar-refractivity contribution in [1.82, 2.24) is 14.7 Å². The van der Waals surface area contributed by atoms with Crippen molar-refractivity contribution in [3.05, 3.63) is 35.6 Å². The van der Waals surface area contributed by atoms with Gasteiger partial charge in [-0.3, -0.25) is 14.5 Å². The highest BCUT2D eigenvalue weighted by atomic mass is 19.1. The Morgan fingerprint density at radius 1 is 1.21 bits per heavy atom. The normalized spacial score (nSPS) is 34.7. The summed E-state index contributed by atoms with van der Waals surface area (Å²) in [6.07, 6.45) is 5.83. The van der Waals surface area contributed by atoms with E-state index in [1.165, 1.54) is 18.6 Å². The second kappa shape index (κ2) is 7.78. The van der Waals surface area contributed by atoms with E-state index in [9.17, 15) is 19.2 Å². The molecule has 3 aliphatic heterocycles. The van der Waals surface area contributed by atoms with Crippen molar-refractivity contribution in [3.63, 3.8) is 0 Å². The van der Waals surface area contributed by atoms with E-state index in [0.717, 1.165) is 37.7 Å². The number of hydrogen-bond donors (Lipinski definition) is 1. The Bertz CT molecular complexity index is 1010. The molecule has 2 amide bonds. The highest BCUT2D eigenvalue weighted by Crippen LogP contribution is 2.49. The first-order valence-electron chi connectivity index (χ1n) is 12.3. The number of piperazine rings is 1. The van der Waals surface area contributed by atoms with Crippen molar-refractivity contribution < 1.29 is 14.0 Å². The van der Waals surface area contributed by atoms with Crippen molar-refractivity contribution in [3.8, 4) is 6.07 Å². The smallest absolute Gasteiger partial charge is 0.242 e. The first-order valence-corrected chi connectivity index (χ1v) is 12.3. The first-order chi connectivity index (χ1) is 16.0. The van der Waals surface area contributed by atoms with Crippen molar-refractivity contribution in [1.29, 1.82) is 5.26 Å². The summed E-state index contributed by atoms with van der Waals surface area (Å²) in [7, 11) is 0. The van der Waals surface area contributed by atoms with Crippen LogP contribution in [0.5, 0.6) is 0 Å². The molecule has 0 radical (unpaired) electrons. The van der Waals surface area contributed by atoms with Gasteiger partial charge in [-0.15, -0.1) is 0 Å². The van der Waals surface area contributed by atoms with Gasteiger partial charge in [0.1, 0.15) is 11.9 Å². The molecule has 6 rings (SSSR count). The van der Waals surface area contributed by atoms with Gasteiger partial charge in [0, 0.05) is 25.2 Å². The van der Waals surface area contributed by atoms with E-state index in [4.69, 9.17) is 5.73 Å². The third-order valence-electron chi connectivity index (χ3n) is 8.68. The number of halogens is 1. The van der Waals surface area contributed by atoms with Gasteiger partial charge < -0.3 is 15.5 Å². The molecule has 2 saturated carbocycles. The highest BCUT2D eigenvalue weighted by Gasteiger charge is 2.56. The van der Waals surface area contributed by atoms with E-state index >= 15 is 0 Å². The van der Waals surface area contributed by atoms with E-state index in [1.807, 2.05) is 17.0 Å². The molecule has 7 nitrogen and oxygen atoms in total. The number of carbonyl (C=O) groups excluding carboxylic acids is 2. The quantitative estimate of drug-likeness (QED) is 0.712. The van der Waals surface area contributed by atoms with E-state index < -0.39 is 6.04 Å². The summed E-state index contributed by atoms with van der Waals surface area (Å²) in [6.45, 7) is 1.05. The standard InChI is InChI=1S/C25H30FN5O2/c26-17-6-4-15(5-7-17)23(14-2-1-3-14)31-19-10-22(25(31)33)29(12-19)13-20(28)24(32)30-18(11-27)8-16-9-21(16)30/h4-7,14,16,18-23H,1-3,8-10,12-13,28H2/t16?,18-,19-,20-,21-,22-,23+/m0/s1. The van der Waals surface area contributed by atoms with Gasteiger partial charge >= 0.3 is 0 Å². The zero-order valence-electron chi connectivity index (χ0n) is 18.6. The lowest BCUT2D eigenvalue weighted by molar-refractivity contribution is -0.143. The molecule has 1 aromatic carbocycles. The lowest BCUT2D eigenvalue weighted by Crippen LogP contribution is -2.58. The summed E-state index contributed by atoms with van der Waals surface area (Å²) in [4.78, 5) is 32.4. The number of carbonyl (C=O) groups is 2. The lowest BCUT2D eigenvalue weighted by atomic mass is 9.76. The molecule has 1 unspecified atom stereocenters. The third kappa shape index (κ3) is 3.36. The molecule has 33 heavy (non-hydrogen) atoms. The van der Waals surface area contributed by atoms with E-state index in [1.54, 1.807) is 4.90 Å². The number of rotatable bonds is 6. The maximum Gasteiger partial charge on any atom is 0.242 e. The van der Waals surface area contributed by atoms with Crippen LogP contribution in [0.4, 0.5) is 4.39 Å². The van der Waals surface area contributed by atoms with Crippen molar-refractivity contribution in [2.24, 2.45) is 17.6 Å². The number of amides is 2. The maximum absolute atomic E-state index is 13.5. The number of fused-ring (bicyclic) bond motifs is 3. The van der Waals surface area contributed by atoms with Crippen molar-refractivity contribution in [2.45, 2.75) is 74.8 Å². The summed E-state index contributed by atoms with van der Waals surface area (Å²) in [5.41, 5.74) is 7.34. The molecule has 2 N–H and O–H groups in total. The predicted molar refractivity (Wildman–Crippen MR) is 118 cm³/mol. The molecular weight excluding hydrogens is 421 g/mol. The van der Waals surface area contributed by atoms with E-state index in [0.29, 0.717) is 24.9 Å². The largest absolute Gasteiger partial charge is 0.330 e. The molecule has 0 aromatic heterocycles. The predicted octanol–water partition coefficient (Wildman–Crippen LogP) is 1.79. The molecule has 2 bridgehead atoms. The van der Waals surface area contributed by atoms with Crippen molar-refractivity contribution >= 4 is 11.8 Å². The number of likely N-dealkylation sites (tertiary alicyclic amines) is 3. The number of piperidine rings is 1. The molecule has 5 fully saturated rings. The molecule has 1 aromatic rings. The first kappa shape index (κ1) is 21.1. The van der Waals surface area contributed by atoms with Gasteiger partial charge in [-0.2, -0.15) is 5.26 Å². The van der Waals surface area contributed by atoms with Crippen LogP contribution in [0.25, 0.3) is 0 Å². The highest BCUT2D eigenvalue weighted by molar-refractivity contribution is 5.87. The summed E-state index contributed by atoms with van der Waals surface area (Å²) in [6, 6.07) is 7.77. The summed E-state index contributed by atoms with van der Waals surface area (Å²) < 4.78 is 13.5. The molecule has 7 atom stereocenters. The maximum atomic E-state index is 13.5. The minimum atomic E-state index is -0.722. The fourth-order valence-electron chi connectivity index (χ4n) is 6.74. The van der Waals surface area contributed by atoms with Gasteiger partial charge in [-0.25, -0.2) is 4.39 Å². The SMILES string of the molecule is N#C[C@@H]1CC2C[C@@H]2N1C(=O)[C@@H](N)CN1C[C@@H]2C[C@H]1C(=O)N2[C@@H](c1ccc(F)cc1)C1CCC1. The fourth-order valence-corrected chi connectivity index (χ4v) is 6.74. The van der Waals surface area contributed by atoms with Crippen LogP contribution in [0.15, 0.2) is 24.3 Å². The number of hydrogen-bond acceptors (Lipinski definition) is 5. The van der Waals surface area contributed by atoms with Gasteiger partial charge in [0.25, 0.3) is 0 Å². The van der Waals surface area contributed by atoms with Crippen LogP contribution < -0.4 is 5.73 Å². The Hall–Kier alpha value is -2.50.